The second-order valence-electron chi connectivity index (χ2n) is 2.82. The van der Waals surface area contributed by atoms with Crippen LogP contribution in [0.4, 0.5) is 4.39 Å². The van der Waals surface area contributed by atoms with Crippen molar-refractivity contribution in [1.29, 1.82) is 0 Å². The Bertz CT molecular complexity index is 411. The van der Waals surface area contributed by atoms with Gasteiger partial charge in [-0.05, 0) is 28.8 Å². The van der Waals surface area contributed by atoms with Gasteiger partial charge in [0.1, 0.15) is 5.82 Å². The van der Waals surface area contributed by atoms with E-state index in [0.29, 0.717) is 11.1 Å². The van der Waals surface area contributed by atoms with E-state index in [2.05, 4.69) is 10.0 Å². The third kappa shape index (κ3) is 3.42. The SMILES string of the molecule is [N-]=[N+]=NCC=Cc1cc(F)ccc1CO. The molecule has 5 heteroatoms. The minimum atomic E-state index is -0.365. The molecule has 0 aliphatic heterocycles. The third-order valence-corrected chi connectivity index (χ3v) is 1.83. The second kappa shape index (κ2) is 5.80. The van der Waals surface area contributed by atoms with E-state index in [-0.39, 0.29) is 19.0 Å². The number of rotatable bonds is 4. The van der Waals surface area contributed by atoms with Crippen molar-refractivity contribution < 1.29 is 9.50 Å². The van der Waals surface area contributed by atoms with Gasteiger partial charge >= 0.3 is 0 Å². The first-order chi connectivity index (χ1) is 7.27. The lowest BCUT2D eigenvalue weighted by Gasteiger charge is -2.01. The van der Waals surface area contributed by atoms with Crippen LogP contribution in [0.5, 0.6) is 0 Å². The molecule has 0 saturated heterocycles. The average Bonchev–Trinajstić information content (AvgIpc) is 2.25. The lowest BCUT2D eigenvalue weighted by Crippen LogP contribution is -1.89. The van der Waals surface area contributed by atoms with Gasteiger partial charge in [-0.15, -0.1) is 0 Å². The zero-order valence-electron chi connectivity index (χ0n) is 7.97. The molecular formula is C10H10FN3O. The highest BCUT2D eigenvalue weighted by molar-refractivity contribution is 5.53. The zero-order valence-corrected chi connectivity index (χ0v) is 7.97. The van der Waals surface area contributed by atoms with E-state index < -0.39 is 0 Å². The van der Waals surface area contributed by atoms with Crippen molar-refractivity contribution in [2.24, 2.45) is 5.11 Å². The van der Waals surface area contributed by atoms with Gasteiger partial charge in [-0.25, -0.2) is 4.39 Å². The summed E-state index contributed by atoms with van der Waals surface area (Å²) in [5, 5.41) is 12.3. The number of nitrogens with zero attached hydrogens (tertiary/aromatic N) is 3. The number of halogens is 1. The van der Waals surface area contributed by atoms with E-state index in [9.17, 15) is 4.39 Å². The van der Waals surface area contributed by atoms with Crippen molar-refractivity contribution in [2.75, 3.05) is 6.54 Å². The van der Waals surface area contributed by atoms with Crippen molar-refractivity contribution in [3.8, 4) is 0 Å². The van der Waals surface area contributed by atoms with Gasteiger partial charge in [0.15, 0.2) is 0 Å². The van der Waals surface area contributed by atoms with Gasteiger partial charge in [0.2, 0.25) is 0 Å². The van der Waals surface area contributed by atoms with Crippen molar-refractivity contribution in [1.82, 2.24) is 0 Å². The highest BCUT2D eigenvalue weighted by Gasteiger charge is 1.99. The minimum Gasteiger partial charge on any atom is -0.392 e. The van der Waals surface area contributed by atoms with E-state index >= 15 is 0 Å². The Labute approximate surface area is 86.3 Å². The third-order valence-electron chi connectivity index (χ3n) is 1.83. The van der Waals surface area contributed by atoms with Crippen molar-refractivity contribution in [3.63, 3.8) is 0 Å². The Morgan fingerprint density at radius 3 is 3.00 bits per heavy atom. The molecule has 0 aliphatic carbocycles. The van der Waals surface area contributed by atoms with Crippen molar-refractivity contribution >= 4 is 6.08 Å². The minimum absolute atomic E-state index is 0.151. The molecule has 1 rings (SSSR count). The molecule has 0 aromatic heterocycles. The maximum absolute atomic E-state index is 12.9. The Balaban J connectivity index is 2.86. The van der Waals surface area contributed by atoms with Crippen LogP contribution in [-0.2, 0) is 6.61 Å². The molecular weight excluding hydrogens is 197 g/mol. The molecule has 0 bridgehead atoms. The zero-order chi connectivity index (χ0) is 11.1. The summed E-state index contributed by atoms with van der Waals surface area (Å²) in [7, 11) is 0. The molecule has 78 valence electrons. The monoisotopic (exact) mass is 207 g/mol. The van der Waals surface area contributed by atoms with Gasteiger partial charge in [-0.3, -0.25) is 0 Å². The number of hydrogen-bond acceptors (Lipinski definition) is 2. The summed E-state index contributed by atoms with van der Waals surface area (Å²) < 4.78 is 12.9. The van der Waals surface area contributed by atoms with Gasteiger partial charge in [-0.1, -0.05) is 23.3 Å². The first-order valence-electron chi connectivity index (χ1n) is 4.34. The van der Waals surface area contributed by atoms with E-state index in [1.165, 1.54) is 18.2 Å². The number of hydrogen-bond donors (Lipinski definition) is 1. The summed E-state index contributed by atoms with van der Waals surface area (Å²) in [6, 6.07) is 4.12. The van der Waals surface area contributed by atoms with Gasteiger partial charge in [0.25, 0.3) is 0 Å². The molecule has 1 N–H and O–H groups in total. The lowest BCUT2D eigenvalue weighted by molar-refractivity contribution is 0.281. The molecule has 15 heavy (non-hydrogen) atoms. The van der Waals surface area contributed by atoms with Crippen LogP contribution in [0.2, 0.25) is 0 Å². The van der Waals surface area contributed by atoms with Crippen molar-refractivity contribution in [3.05, 3.63) is 51.7 Å². The van der Waals surface area contributed by atoms with E-state index in [0.717, 1.165) is 0 Å². The Hall–Kier alpha value is -1.84. The second-order valence-corrected chi connectivity index (χ2v) is 2.82. The molecule has 0 unspecified atom stereocenters. The van der Waals surface area contributed by atoms with Crippen LogP contribution in [-0.4, -0.2) is 11.7 Å². The van der Waals surface area contributed by atoms with Crippen LogP contribution < -0.4 is 0 Å². The number of azide groups is 1. The first kappa shape index (κ1) is 11.2. The Morgan fingerprint density at radius 1 is 1.53 bits per heavy atom. The van der Waals surface area contributed by atoms with Gasteiger partial charge < -0.3 is 5.11 Å². The molecule has 0 amide bonds. The summed E-state index contributed by atoms with van der Waals surface area (Å²) >= 11 is 0. The fraction of sp³-hybridized carbons (Fsp3) is 0.200. The smallest absolute Gasteiger partial charge is 0.123 e. The summed E-state index contributed by atoms with van der Waals surface area (Å²) in [5.74, 6) is -0.365. The highest BCUT2D eigenvalue weighted by atomic mass is 19.1. The lowest BCUT2D eigenvalue weighted by atomic mass is 10.1. The fourth-order valence-electron chi connectivity index (χ4n) is 1.13. The maximum Gasteiger partial charge on any atom is 0.123 e. The van der Waals surface area contributed by atoms with Crippen LogP contribution in [0, 0.1) is 5.82 Å². The molecule has 0 heterocycles. The van der Waals surface area contributed by atoms with Crippen LogP contribution in [0.1, 0.15) is 11.1 Å². The number of aliphatic hydroxyl groups is 1. The molecule has 1 aromatic carbocycles. The molecule has 0 spiro atoms. The normalized spacial score (nSPS) is 10.3. The predicted octanol–water partition coefficient (Wildman–Crippen LogP) is 2.64. The van der Waals surface area contributed by atoms with E-state index in [1.807, 2.05) is 0 Å². The Kier molecular flexibility index (Phi) is 4.34. The van der Waals surface area contributed by atoms with E-state index in [1.54, 1.807) is 12.2 Å². The average molecular weight is 207 g/mol. The summed E-state index contributed by atoms with van der Waals surface area (Å²) in [5.41, 5.74) is 9.25. The largest absolute Gasteiger partial charge is 0.392 e. The fourth-order valence-corrected chi connectivity index (χ4v) is 1.13. The van der Waals surface area contributed by atoms with Gasteiger partial charge in [0.05, 0.1) is 6.61 Å². The van der Waals surface area contributed by atoms with Crippen molar-refractivity contribution in [2.45, 2.75) is 6.61 Å². The highest BCUT2D eigenvalue weighted by Crippen LogP contribution is 2.13. The molecule has 0 fully saturated rings. The number of aliphatic hydroxyl groups excluding tert-OH is 1. The molecule has 1 aromatic rings. The van der Waals surface area contributed by atoms with Crippen LogP contribution >= 0.6 is 0 Å². The van der Waals surface area contributed by atoms with Gasteiger partial charge in [0, 0.05) is 11.5 Å². The van der Waals surface area contributed by atoms with Crippen LogP contribution in [0.3, 0.4) is 0 Å². The quantitative estimate of drug-likeness (QED) is 0.460. The summed E-state index contributed by atoms with van der Waals surface area (Å²) in [4.78, 5) is 2.58. The topological polar surface area (TPSA) is 69.0 Å². The molecule has 0 atom stereocenters. The van der Waals surface area contributed by atoms with E-state index in [4.69, 9.17) is 10.6 Å². The molecule has 0 aliphatic rings. The molecule has 4 nitrogen and oxygen atoms in total. The molecule has 0 saturated carbocycles. The van der Waals surface area contributed by atoms with Crippen LogP contribution in [0.15, 0.2) is 29.4 Å². The van der Waals surface area contributed by atoms with Crippen LogP contribution in [0.25, 0.3) is 16.5 Å². The number of benzene rings is 1. The standard InChI is InChI=1S/C10H10FN3O/c11-10-4-3-9(7-15)8(6-10)2-1-5-13-14-12/h1-4,6,15H,5,7H2. The maximum atomic E-state index is 12.9. The summed E-state index contributed by atoms with van der Waals surface area (Å²) in [6.07, 6.45) is 3.22. The van der Waals surface area contributed by atoms with Gasteiger partial charge in [-0.2, -0.15) is 0 Å². The Morgan fingerprint density at radius 2 is 2.33 bits per heavy atom. The molecule has 0 radical (unpaired) electrons. The summed E-state index contributed by atoms with van der Waals surface area (Å²) in [6.45, 7) is 0.0549. The first-order valence-corrected chi connectivity index (χ1v) is 4.34. The predicted molar refractivity (Wildman–Crippen MR) is 55.4 cm³/mol.